The van der Waals surface area contributed by atoms with E-state index in [1.165, 1.54) is 0 Å². The molecule has 1 aliphatic heterocycles. The van der Waals surface area contributed by atoms with E-state index in [9.17, 15) is 13.3 Å². The van der Waals surface area contributed by atoms with Crippen LogP contribution >= 0.6 is 0 Å². The maximum Gasteiger partial charge on any atom is 0.183 e. The van der Waals surface area contributed by atoms with Crippen molar-refractivity contribution in [3.63, 3.8) is 0 Å². The summed E-state index contributed by atoms with van der Waals surface area (Å²) in [6.07, 6.45) is 0. The van der Waals surface area contributed by atoms with E-state index >= 15 is 0 Å². The third kappa shape index (κ3) is 1.71. The Balaban J connectivity index is 0.000000574. The van der Waals surface area contributed by atoms with Crippen molar-refractivity contribution in [3.05, 3.63) is 40.8 Å². The lowest BCUT2D eigenvalue weighted by atomic mass is 10.0. The van der Waals surface area contributed by atoms with Crippen LogP contribution in [0.2, 0.25) is 0 Å². The van der Waals surface area contributed by atoms with E-state index in [1.807, 2.05) is 19.9 Å². The van der Waals surface area contributed by atoms with Crippen molar-refractivity contribution in [2.24, 2.45) is 5.18 Å². The fraction of sp³-hybridized carbons (Fsp3) is 0.231. The molecule has 0 bridgehead atoms. The van der Waals surface area contributed by atoms with E-state index in [0.717, 1.165) is 5.39 Å². The minimum atomic E-state index is -3.29. The lowest BCUT2D eigenvalue weighted by Gasteiger charge is -2.00. The molecule has 0 fully saturated rings. The zero-order chi connectivity index (χ0) is 13.3. The highest BCUT2D eigenvalue weighted by molar-refractivity contribution is 7.91. The normalized spacial score (nSPS) is 15.0. The van der Waals surface area contributed by atoms with Gasteiger partial charge in [0, 0.05) is 10.9 Å². The van der Waals surface area contributed by atoms with Gasteiger partial charge >= 0.3 is 0 Å². The Bertz CT molecular complexity index is 720. The van der Waals surface area contributed by atoms with Crippen LogP contribution in [-0.2, 0) is 15.6 Å². The molecule has 1 heterocycles. The van der Waals surface area contributed by atoms with Gasteiger partial charge in [0.15, 0.2) is 9.84 Å². The Morgan fingerprint density at radius 2 is 1.83 bits per heavy atom. The molecule has 0 atom stereocenters. The van der Waals surface area contributed by atoms with Crippen molar-refractivity contribution in [2.45, 2.75) is 24.5 Å². The molecule has 0 saturated heterocycles. The topological polar surface area (TPSA) is 63.6 Å². The largest absolute Gasteiger partial charge is 0.223 e. The van der Waals surface area contributed by atoms with Crippen LogP contribution in [0.4, 0.5) is 5.69 Å². The van der Waals surface area contributed by atoms with Crippen LogP contribution in [0.3, 0.4) is 0 Å². The quantitative estimate of drug-likeness (QED) is 0.739. The van der Waals surface area contributed by atoms with E-state index in [1.54, 1.807) is 24.3 Å². The number of sulfone groups is 1. The first-order valence-corrected chi connectivity index (χ1v) is 7.39. The number of hydrogen-bond donors (Lipinski definition) is 0. The van der Waals surface area contributed by atoms with Crippen molar-refractivity contribution in [1.82, 2.24) is 0 Å². The fourth-order valence-corrected chi connectivity index (χ4v) is 3.83. The third-order valence-corrected chi connectivity index (χ3v) is 4.54. The fourth-order valence-electron chi connectivity index (χ4n) is 2.17. The van der Waals surface area contributed by atoms with E-state index in [2.05, 4.69) is 5.18 Å². The summed E-state index contributed by atoms with van der Waals surface area (Å²) < 4.78 is 23.7. The van der Waals surface area contributed by atoms with Crippen LogP contribution in [0.15, 0.2) is 40.4 Å². The minimum absolute atomic E-state index is 0.120. The molecule has 0 radical (unpaired) electrons. The molecule has 0 spiro atoms. The van der Waals surface area contributed by atoms with Gasteiger partial charge in [0.2, 0.25) is 0 Å². The Morgan fingerprint density at radius 1 is 1.11 bits per heavy atom. The molecule has 94 valence electrons. The molecule has 0 saturated carbocycles. The van der Waals surface area contributed by atoms with Gasteiger partial charge in [-0.15, -0.1) is 4.91 Å². The van der Waals surface area contributed by atoms with Crippen molar-refractivity contribution in [3.8, 4) is 0 Å². The Hall–Kier alpha value is -1.75. The second kappa shape index (κ2) is 4.49. The Morgan fingerprint density at radius 3 is 2.50 bits per heavy atom. The molecule has 5 heteroatoms. The first-order valence-electron chi connectivity index (χ1n) is 5.74. The van der Waals surface area contributed by atoms with E-state index < -0.39 is 9.84 Å². The lowest BCUT2D eigenvalue weighted by molar-refractivity contribution is 0.598. The monoisotopic (exact) mass is 263 g/mol. The summed E-state index contributed by atoms with van der Waals surface area (Å²) in [5.74, 6) is -0.120. The maximum atomic E-state index is 11.9. The van der Waals surface area contributed by atoms with E-state index in [0.29, 0.717) is 15.8 Å². The summed E-state index contributed by atoms with van der Waals surface area (Å²) in [4.78, 5) is 10.9. The molecule has 18 heavy (non-hydrogen) atoms. The summed E-state index contributed by atoms with van der Waals surface area (Å²) in [5, 5.41) is 4.36. The first kappa shape index (κ1) is 12.7. The maximum absolute atomic E-state index is 11.9. The highest BCUT2D eigenvalue weighted by Gasteiger charge is 2.30. The van der Waals surface area contributed by atoms with Crippen LogP contribution in [0.25, 0.3) is 10.8 Å². The molecule has 0 N–H and O–H groups in total. The number of hydrogen-bond acceptors (Lipinski definition) is 4. The van der Waals surface area contributed by atoms with Crippen LogP contribution in [0.5, 0.6) is 0 Å². The smallest absolute Gasteiger partial charge is 0.183 e. The van der Waals surface area contributed by atoms with Gasteiger partial charge < -0.3 is 0 Å². The number of nitrogens with zero attached hydrogens (tertiary/aromatic N) is 1. The SMILES string of the molecule is CC.O=Nc1ccc2cccc3c2c1CS3(=O)=O. The van der Waals surface area contributed by atoms with Crippen LogP contribution in [0.1, 0.15) is 19.4 Å². The van der Waals surface area contributed by atoms with Crippen molar-refractivity contribution in [2.75, 3.05) is 0 Å². The second-order valence-electron chi connectivity index (χ2n) is 3.77. The molecule has 0 unspecified atom stereocenters. The summed E-state index contributed by atoms with van der Waals surface area (Å²) >= 11 is 0. The predicted molar refractivity (Wildman–Crippen MR) is 71.6 cm³/mol. The minimum Gasteiger partial charge on any atom is -0.223 e. The van der Waals surface area contributed by atoms with Crippen molar-refractivity contribution >= 4 is 26.3 Å². The zero-order valence-corrected chi connectivity index (χ0v) is 11.0. The summed E-state index contributed by atoms with van der Waals surface area (Å²) in [5.41, 5.74) is 0.754. The van der Waals surface area contributed by atoms with Gasteiger partial charge in [-0.2, -0.15) is 0 Å². The molecule has 2 aromatic carbocycles. The third-order valence-electron chi connectivity index (χ3n) is 2.86. The molecule has 0 aromatic heterocycles. The summed E-state index contributed by atoms with van der Waals surface area (Å²) in [6, 6.07) is 8.40. The average Bonchev–Trinajstić information content (AvgIpc) is 2.67. The number of nitroso groups, excluding NO2 is 1. The van der Waals surface area contributed by atoms with Gasteiger partial charge in [-0.25, -0.2) is 8.42 Å². The molecule has 0 amide bonds. The Kier molecular flexibility index (Phi) is 3.17. The molecule has 2 aromatic rings. The van der Waals surface area contributed by atoms with Gasteiger partial charge in [0.05, 0.1) is 10.6 Å². The van der Waals surface area contributed by atoms with Crippen molar-refractivity contribution < 1.29 is 8.42 Å². The van der Waals surface area contributed by atoms with Gasteiger partial charge in [0.25, 0.3) is 0 Å². The number of benzene rings is 2. The zero-order valence-electron chi connectivity index (χ0n) is 10.2. The van der Waals surface area contributed by atoms with E-state index in [4.69, 9.17) is 0 Å². The molecule has 0 aliphatic carbocycles. The lowest BCUT2D eigenvalue weighted by Crippen LogP contribution is -1.96. The number of rotatable bonds is 1. The summed E-state index contributed by atoms with van der Waals surface area (Å²) in [6.45, 7) is 4.00. The van der Waals surface area contributed by atoms with Gasteiger partial charge in [0.1, 0.15) is 5.69 Å². The second-order valence-corrected chi connectivity index (χ2v) is 5.73. The van der Waals surface area contributed by atoms with Gasteiger partial charge in [-0.3, -0.25) is 0 Å². The van der Waals surface area contributed by atoms with Crippen LogP contribution < -0.4 is 0 Å². The van der Waals surface area contributed by atoms with Crippen LogP contribution in [-0.4, -0.2) is 8.42 Å². The molecule has 4 nitrogen and oxygen atoms in total. The molecular formula is C13H13NO3S. The first-order chi connectivity index (χ1) is 8.63. The summed E-state index contributed by atoms with van der Waals surface area (Å²) in [7, 11) is -3.29. The molecule has 3 rings (SSSR count). The average molecular weight is 263 g/mol. The highest BCUT2D eigenvalue weighted by Crippen LogP contribution is 2.40. The Labute approximate surface area is 106 Å². The molecule has 1 aliphatic rings. The molecular weight excluding hydrogens is 250 g/mol. The van der Waals surface area contributed by atoms with E-state index in [-0.39, 0.29) is 11.4 Å². The van der Waals surface area contributed by atoms with Crippen molar-refractivity contribution in [1.29, 1.82) is 0 Å². The van der Waals surface area contributed by atoms with Gasteiger partial charge in [-0.1, -0.05) is 32.0 Å². The standard InChI is InChI=1S/C11H7NO3S.C2H6/c13-12-9-5-4-7-2-1-3-10-11(7)8(9)6-16(10,14)15;1-2/h1-5H,6H2;1-2H3. The predicted octanol–water partition coefficient (Wildman–Crippen LogP) is 3.55. The van der Waals surface area contributed by atoms with Gasteiger partial charge in [-0.05, 0) is 22.7 Å². The highest BCUT2D eigenvalue weighted by atomic mass is 32.2. The van der Waals surface area contributed by atoms with Crippen LogP contribution in [0, 0.1) is 4.91 Å².